The Balaban J connectivity index is 1.59. The second-order valence-electron chi connectivity index (χ2n) is 7.28. The molecule has 1 saturated carbocycles. The average Bonchev–Trinajstić information content (AvgIpc) is 3.48. The third-order valence-corrected chi connectivity index (χ3v) is 5.32. The van der Waals surface area contributed by atoms with E-state index in [4.69, 9.17) is 0 Å². The van der Waals surface area contributed by atoms with Gasteiger partial charge in [-0.3, -0.25) is 9.69 Å². The number of carbonyl (C=O) groups excluding carboxylic acids is 1. The Bertz CT molecular complexity index is 962. The number of aromatic nitrogens is 4. The average molecular weight is 390 g/mol. The van der Waals surface area contributed by atoms with Crippen LogP contribution in [0.25, 0.3) is 11.4 Å². The molecule has 1 heterocycles. The predicted molar refractivity (Wildman–Crippen MR) is 112 cm³/mol. The topological polar surface area (TPSA) is 75.9 Å². The number of rotatable bonds is 8. The van der Waals surface area contributed by atoms with Crippen LogP contribution in [0.3, 0.4) is 0 Å². The van der Waals surface area contributed by atoms with E-state index in [1.165, 1.54) is 0 Å². The molecule has 0 radical (unpaired) electrons. The summed E-state index contributed by atoms with van der Waals surface area (Å²) in [6, 6.07) is 17.7. The molecule has 4 rings (SSSR count). The van der Waals surface area contributed by atoms with E-state index in [1.54, 1.807) is 0 Å². The van der Waals surface area contributed by atoms with Crippen LogP contribution in [-0.2, 0) is 4.79 Å². The van der Waals surface area contributed by atoms with Gasteiger partial charge in [0.1, 0.15) is 6.04 Å². The van der Waals surface area contributed by atoms with Crippen LogP contribution in [0.2, 0.25) is 0 Å². The first-order chi connectivity index (χ1) is 14.2. The van der Waals surface area contributed by atoms with Gasteiger partial charge >= 0.3 is 0 Å². The molecule has 1 aliphatic rings. The van der Waals surface area contributed by atoms with E-state index in [0.29, 0.717) is 6.04 Å². The standard InChI is InChI=1S/C22H26N6O/c1-3-27(4-2)20(16-9-6-5-7-10-16)22(29)23-18-12-8-11-17(15-18)21-24-25-26-28(21)19-13-14-19/h5-12,15,19-20H,3-4,13-14H2,1-2H3,(H,23,29). The maximum atomic E-state index is 13.3. The van der Waals surface area contributed by atoms with Crippen molar-refractivity contribution in [1.82, 2.24) is 25.1 Å². The van der Waals surface area contributed by atoms with Gasteiger partial charge in [-0.15, -0.1) is 5.10 Å². The van der Waals surface area contributed by atoms with Gasteiger partial charge in [0.2, 0.25) is 5.91 Å². The summed E-state index contributed by atoms with van der Waals surface area (Å²) in [4.78, 5) is 15.4. The molecule has 150 valence electrons. The molecular weight excluding hydrogens is 364 g/mol. The lowest BCUT2D eigenvalue weighted by atomic mass is 10.0. The highest BCUT2D eigenvalue weighted by molar-refractivity contribution is 5.96. The van der Waals surface area contributed by atoms with Crippen LogP contribution < -0.4 is 5.32 Å². The smallest absolute Gasteiger partial charge is 0.246 e. The third kappa shape index (κ3) is 4.19. The number of tetrazole rings is 1. The number of hydrogen-bond donors (Lipinski definition) is 1. The van der Waals surface area contributed by atoms with Gasteiger partial charge in [-0.05, 0) is 54.1 Å². The van der Waals surface area contributed by atoms with Crippen LogP contribution in [0, 0.1) is 0 Å². The molecule has 1 aliphatic carbocycles. The molecule has 1 atom stereocenters. The number of carbonyl (C=O) groups is 1. The van der Waals surface area contributed by atoms with Crippen molar-refractivity contribution in [2.75, 3.05) is 18.4 Å². The van der Waals surface area contributed by atoms with Crippen molar-refractivity contribution in [3.63, 3.8) is 0 Å². The largest absolute Gasteiger partial charge is 0.324 e. The van der Waals surface area contributed by atoms with Gasteiger partial charge in [-0.2, -0.15) is 0 Å². The summed E-state index contributed by atoms with van der Waals surface area (Å²) in [6.07, 6.45) is 2.22. The minimum atomic E-state index is -0.341. The number of amides is 1. The van der Waals surface area contributed by atoms with Gasteiger partial charge in [0.15, 0.2) is 5.82 Å². The number of nitrogens with zero attached hydrogens (tertiary/aromatic N) is 5. The first-order valence-corrected chi connectivity index (χ1v) is 10.2. The van der Waals surface area contributed by atoms with Crippen LogP contribution in [0.4, 0.5) is 5.69 Å². The number of benzene rings is 2. The molecule has 29 heavy (non-hydrogen) atoms. The summed E-state index contributed by atoms with van der Waals surface area (Å²) < 4.78 is 1.88. The highest BCUT2D eigenvalue weighted by Gasteiger charge is 2.29. The monoisotopic (exact) mass is 390 g/mol. The molecule has 7 nitrogen and oxygen atoms in total. The van der Waals surface area contributed by atoms with E-state index >= 15 is 0 Å². The Morgan fingerprint density at radius 1 is 1.14 bits per heavy atom. The summed E-state index contributed by atoms with van der Waals surface area (Å²) >= 11 is 0. The molecule has 1 amide bonds. The Kier molecular flexibility index (Phi) is 5.67. The van der Waals surface area contributed by atoms with E-state index in [2.05, 4.69) is 39.6 Å². The van der Waals surface area contributed by atoms with Crippen molar-refractivity contribution in [1.29, 1.82) is 0 Å². The van der Waals surface area contributed by atoms with Crippen LogP contribution in [0.1, 0.15) is 44.3 Å². The molecule has 1 N–H and O–H groups in total. The lowest BCUT2D eigenvalue weighted by Crippen LogP contribution is -2.37. The Morgan fingerprint density at radius 2 is 1.90 bits per heavy atom. The van der Waals surface area contributed by atoms with Crippen molar-refractivity contribution in [3.8, 4) is 11.4 Å². The number of hydrogen-bond acceptors (Lipinski definition) is 5. The fourth-order valence-electron chi connectivity index (χ4n) is 3.65. The minimum Gasteiger partial charge on any atom is -0.324 e. The summed E-state index contributed by atoms with van der Waals surface area (Å²) in [5.74, 6) is 0.700. The highest BCUT2D eigenvalue weighted by Crippen LogP contribution is 2.36. The van der Waals surface area contributed by atoms with E-state index < -0.39 is 0 Å². The second kappa shape index (κ2) is 8.53. The van der Waals surface area contributed by atoms with Gasteiger partial charge in [0.25, 0.3) is 0 Å². The van der Waals surface area contributed by atoms with Gasteiger partial charge in [0, 0.05) is 11.3 Å². The SMILES string of the molecule is CCN(CC)C(C(=O)Nc1cccc(-c2nnnn2C2CC2)c1)c1ccccc1. The molecule has 2 aromatic carbocycles. The Hall–Kier alpha value is -3.06. The number of likely N-dealkylation sites (N-methyl/N-ethyl adjacent to an activating group) is 1. The normalized spacial score (nSPS) is 14.7. The van der Waals surface area contributed by atoms with Gasteiger partial charge in [-0.1, -0.05) is 56.3 Å². The molecule has 0 aliphatic heterocycles. The molecule has 0 saturated heterocycles. The van der Waals surface area contributed by atoms with E-state index in [-0.39, 0.29) is 11.9 Å². The van der Waals surface area contributed by atoms with Gasteiger partial charge in [-0.25, -0.2) is 4.68 Å². The van der Waals surface area contributed by atoms with Crippen LogP contribution in [0.15, 0.2) is 54.6 Å². The van der Waals surface area contributed by atoms with Gasteiger partial charge < -0.3 is 5.32 Å². The van der Waals surface area contributed by atoms with Crippen molar-refractivity contribution < 1.29 is 4.79 Å². The van der Waals surface area contributed by atoms with E-state index in [1.807, 2.05) is 59.3 Å². The molecule has 3 aromatic rings. The minimum absolute atomic E-state index is 0.0427. The quantitative estimate of drug-likeness (QED) is 0.635. The van der Waals surface area contributed by atoms with Crippen molar-refractivity contribution in [2.24, 2.45) is 0 Å². The van der Waals surface area contributed by atoms with E-state index in [0.717, 1.165) is 48.6 Å². The first-order valence-electron chi connectivity index (χ1n) is 10.2. The zero-order valence-corrected chi connectivity index (χ0v) is 16.8. The molecular formula is C22H26N6O. The Morgan fingerprint density at radius 3 is 2.59 bits per heavy atom. The lowest BCUT2D eigenvalue weighted by molar-refractivity contribution is -0.121. The maximum absolute atomic E-state index is 13.3. The van der Waals surface area contributed by atoms with Crippen LogP contribution in [0.5, 0.6) is 0 Å². The van der Waals surface area contributed by atoms with Gasteiger partial charge in [0.05, 0.1) is 6.04 Å². The lowest BCUT2D eigenvalue weighted by Gasteiger charge is -2.29. The third-order valence-electron chi connectivity index (χ3n) is 5.32. The predicted octanol–water partition coefficient (Wildman–Crippen LogP) is 3.70. The van der Waals surface area contributed by atoms with Crippen molar-refractivity contribution >= 4 is 11.6 Å². The fraction of sp³-hybridized carbons (Fsp3) is 0.364. The molecule has 1 aromatic heterocycles. The summed E-state index contributed by atoms with van der Waals surface area (Å²) in [5.41, 5.74) is 2.63. The highest BCUT2D eigenvalue weighted by atomic mass is 16.2. The summed E-state index contributed by atoms with van der Waals surface area (Å²) in [5, 5.41) is 15.2. The molecule has 1 unspecified atom stereocenters. The fourth-order valence-corrected chi connectivity index (χ4v) is 3.65. The molecule has 7 heteroatoms. The molecule has 0 spiro atoms. The van der Waals surface area contributed by atoms with Crippen molar-refractivity contribution in [3.05, 3.63) is 60.2 Å². The zero-order valence-electron chi connectivity index (χ0n) is 16.8. The van der Waals surface area contributed by atoms with Crippen LogP contribution in [-0.4, -0.2) is 44.1 Å². The summed E-state index contributed by atoms with van der Waals surface area (Å²) in [7, 11) is 0. The number of nitrogens with one attached hydrogen (secondary N) is 1. The first kappa shape index (κ1) is 19.3. The second-order valence-corrected chi connectivity index (χ2v) is 7.28. The Labute approximate surface area is 170 Å². The summed E-state index contributed by atoms with van der Waals surface area (Å²) in [6.45, 7) is 5.73. The zero-order chi connectivity index (χ0) is 20.2. The number of anilines is 1. The van der Waals surface area contributed by atoms with Crippen molar-refractivity contribution in [2.45, 2.75) is 38.8 Å². The maximum Gasteiger partial charge on any atom is 0.246 e. The molecule has 1 fully saturated rings. The molecule has 0 bridgehead atoms. The van der Waals surface area contributed by atoms with E-state index in [9.17, 15) is 4.79 Å². The van der Waals surface area contributed by atoms with Crippen LogP contribution >= 0.6 is 0 Å².